The minimum absolute atomic E-state index is 0.0274. The molecule has 0 saturated carbocycles. The second-order valence-corrected chi connectivity index (χ2v) is 6.47. The maximum Gasteiger partial charge on any atom is 0.256 e. The lowest BCUT2D eigenvalue weighted by molar-refractivity contribution is 0.0335. The molecule has 1 unspecified atom stereocenters. The molecule has 0 fully saturated rings. The molecule has 144 valence electrons. The lowest BCUT2D eigenvalue weighted by Crippen LogP contribution is -2.37. The zero-order valence-electron chi connectivity index (χ0n) is 14.6. The smallest absolute Gasteiger partial charge is 0.256 e. The number of hydrogen-bond donors (Lipinski definition) is 1. The summed E-state index contributed by atoms with van der Waals surface area (Å²) in [6.45, 7) is 0.130. The fourth-order valence-electron chi connectivity index (χ4n) is 3.43. The third-order valence-electron chi connectivity index (χ3n) is 4.80. The number of hydrogen-bond acceptors (Lipinski definition) is 4. The van der Waals surface area contributed by atoms with Crippen LogP contribution < -0.4 is 5.56 Å². The number of H-pyrrole nitrogens is 1. The molecular weight excluding hydrogens is 375 g/mol. The van der Waals surface area contributed by atoms with Crippen LogP contribution in [0.4, 0.5) is 13.2 Å². The lowest BCUT2D eigenvalue weighted by Gasteiger charge is -2.33. The highest BCUT2D eigenvalue weighted by Gasteiger charge is 2.31. The van der Waals surface area contributed by atoms with E-state index in [9.17, 15) is 22.8 Å². The number of likely N-dealkylation sites (N-methyl/N-ethyl adjacent to an activating group) is 1. The zero-order valence-corrected chi connectivity index (χ0v) is 14.6. The van der Waals surface area contributed by atoms with Gasteiger partial charge >= 0.3 is 0 Å². The predicted molar refractivity (Wildman–Crippen MR) is 93.2 cm³/mol. The van der Waals surface area contributed by atoms with Crippen LogP contribution in [0.3, 0.4) is 0 Å². The van der Waals surface area contributed by atoms with Crippen LogP contribution >= 0.6 is 0 Å². The third kappa shape index (κ3) is 2.93. The molecule has 1 atom stereocenters. The van der Waals surface area contributed by atoms with Gasteiger partial charge < -0.3 is 14.6 Å². The molecule has 9 heteroatoms. The van der Waals surface area contributed by atoms with Crippen molar-refractivity contribution in [3.63, 3.8) is 0 Å². The molecule has 28 heavy (non-hydrogen) atoms. The summed E-state index contributed by atoms with van der Waals surface area (Å²) in [5.74, 6) is -3.55. The number of ether oxygens (including phenoxy) is 1. The molecule has 1 aliphatic rings. The van der Waals surface area contributed by atoms with Gasteiger partial charge in [0, 0.05) is 36.1 Å². The largest absolute Gasteiger partial charge is 0.373 e. The number of aromatic nitrogens is 2. The van der Waals surface area contributed by atoms with Crippen LogP contribution in [0.2, 0.25) is 0 Å². The fraction of sp³-hybridized carbons (Fsp3) is 0.211. The van der Waals surface area contributed by atoms with Crippen molar-refractivity contribution in [2.75, 3.05) is 13.7 Å². The number of pyridine rings is 2. The van der Waals surface area contributed by atoms with E-state index in [-0.39, 0.29) is 29.5 Å². The van der Waals surface area contributed by atoms with Crippen molar-refractivity contribution in [1.82, 2.24) is 14.9 Å². The summed E-state index contributed by atoms with van der Waals surface area (Å²) in [4.78, 5) is 32.4. The Labute approximate surface area is 156 Å². The van der Waals surface area contributed by atoms with Crippen LogP contribution in [0, 0.1) is 17.6 Å². The van der Waals surface area contributed by atoms with Crippen LogP contribution in [0.1, 0.15) is 27.7 Å². The molecule has 3 aromatic rings. The average Bonchev–Trinajstić information content (AvgIpc) is 2.68. The number of fused-ring (bicyclic) bond motifs is 3. The molecule has 1 aliphatic heterocycles. The average molecular weight is 389 g/mol. The van der Waals surface area contributed by atoms with E-state index in [0.29, 0.717) is 11.3 Å². The number of benzene rings is 1. The number of rotatable bonds is 2. The van der Waals surface area contributed by atoms with E-state index in [1.165, 1.54) is 24.2 Å². The van der Waals surface area contributed by atoms with Gasteiger partial charge in [0.15, 0.2) is 11.6 Å². The van der Waals surface area contributed by atoms with Gasteiger partial charge in [0.1, 0.15) is 0 Å². The van der Waals surface area contributed by atoms with Crippen molar-refractivity contribution in [3.05, 3.63) is 75.2 Å². The Bertz CT molecular complexity index is 1160. The first kappa shape index (κ1) is 18.2. The fourth-order valence-corrected chi connectivity index (χ4v) is 3.43. The Morgan fingerprint density at radius 3 is 2.64 bits per heavy atom. The summed E-state index contributed by atoms with van der Waals surface area (Å²) in [7, 11) is 1.49. The van der Waals surface area contributed by atoms with E-state index in [1.807, 2.05) is 0 Å². The SMILES string of the molecule is CN(C(=O)c1ccnc(F)c1)C1COCc2[nH]c(=O)c3cc(F)c(F)cc3c21. The van der Waals surface area contributed by atoms with Gasteiger partial charge in [-0.3, -0.25) is 9.59 Å². The monoisotopic (exact) mass is 389 g/mol. The summed E-state index contributed by atoms with van der Waals surface area (Å²) in [5.41, 5.74) is 0.334. The molecular formula is C19H14F3N3O3. The van der Waals surface area contributed by atoms with E-state index in [1.54, 1.807) is 0 Å². The third-order valence-corrected chi connectivity index (χ3v) is 4.80. The molecule has 1 aromatic carbocycles. The standard InChI is InChI=1S/C19H14F3N3O3/c1-25(19(27)9-2-3-23-16(22)4-9)15-8-28-7-14-17(15)10-5-12(20)13(21)6-11(10)18(26)24-14/h2-6,15H,7-8H2,1H3,(H,24,26). The molecule has 1 N–H and O–H groups in total. The number of halogens is 3. The maximum absolute atomic E-state index is 13.9. The maximum atomic E-state index is 13.9. The molecule has 6 nitrogen and oxygen atoms in total. The molecule has 0 bridgehead atoms. The number of amides is 1. The topological polar surface area (TPSA) is 75.3 Å². The summed E-state index contributed by atoms with van der Waals surface area (Å²) in [6.07, 6.45) is 1.17. The van der Waals surface area contributed by atoms with Crippen molar-refractivity contribution in [3.8, 4) is 0 Å². The van der Waals surface area contributed by atoms with Crippen molar-refractivity contribution in [1.29, 1.82) is 0 Å². The highest BCUT2D eigenvalue weighted by Crippen LogP contribution is 2.34. The van der Waals surface area contributed by atoms with Crippen molar-refractivity contribution in [2.45, 2.75) is 12.6 Å². The van der Waals surface area contributed by atoms with E-state index in [4.69, 9.17) is 4.74 Å². The highest BCUT2D eigenvalue weighted by molar-refractivity contribution is 5.95. The lowest BCUT2D eigenvalue weighted by atomic mass is 9.95. The first-order valence-electron chi connectivity index (χ1n) is 8.37. The first-order valence-corrected chi connectivity index (χ1v) is 8.37. The summed E-state index contributed by atoms with van der Waals surface area (Å²) >= 11 is 0. The van der Waals surface area contributed by atoms with Crippen LogP contribution in [0.5, 0.6) is 0 Å². The van der Waals surface area contributed by atoms with E-state index in [2.05, 4.69) is 9.97 Å². The van der Waals surface area contributed by atoms with Crippen LogP contribution in [0.25, 0.3) is 10.8 Å². The van der Waals surface area contributed by atoms with Gasteiger partial charge in [-0.25, -0.2) is 13.8 Å². The predicted octanol–water partition coefficient (Wildman–Crippen LogP) is 2.68. The summed E-state index contributed by atoms with van der Waals surface area (Å²) in [5, 5.41) is 0.173. The Hall–Kier alpha value is -3.20. The van der Waals surface area contributed by atoms with Crippen LogP contribution in [0.15, 0.2) is 35.3 Å². The molecule has 4 rings (SSSR count). The van der Waals surface area contributed by atoms with Crippen molar-refractivity contribution < 1.29 is 22.7 Å². The highest BCUT2D eigenvalue weighted by atomic mass is 19.2. The Balaban J connectivity index is 1.86. The second-order valence-electron chi connectivity index (χ2n) is 6.47. The zero-order chi connectivity index (χ0) is 20.0. The Morgan fingerprint density at radius 1 is 1.21 bits per heavy atom. The normalized spacial score (nSPS) is 16.1. The molecule has 0 aliphatic carbocycles. The molecule has 1 amide bonds. The number of carbonyl (C=O) groups is 1. The van der Waals surface area contributed by atoms with E-state index >= 15 is 0 Å². The Morgan fingerprint density at radius 2 is 1.93 bits per heavy atom. The van der Waals surface area contributed by atoms with E-state index in [0.717, 1.165) is 18.2 Å². The van der Waals surface area contributed by atoms with Gasteiger partial charge in [-0.05, 0) is 23.6 Å². The first-order chi connectivity index (χ1) is 13.4. The van der Waals surface area contributed by atoms with Gasteiger partial charge in [-0.1, -0.05) is 0 Å². The van der Waals surface area contributed by atoms with Gasteiger partial charge in [0.25, 0.3) is 11.5 Å². The molecule has 0 saturated heterocycles. The van der Waals surface area contributed by atoms with Crippen LogP contribution in [-0.4, -0.2) is 34.4 Å². The molecule has 2 aromatic heterocycles. The summed E-state index contributed by atoms with van der Waals surface area (Å²) < 4.78 is 46.4. The molecule has 0 radical (unpaired) electrons. The number of nitrogens with zero attached hydrogens (tertiary/aromatic N) is 2. The number of aromatic amines is 1. The van der Waals surface area contributed by atoms with Gasteiger partial charge in [-0.15, -0.1) is 0 Å². The van der Waals surface area contributed by atoms with Crippen molar-refractivity contribution >= 4 is 16.7 Å². The van der Waals surface area contributed by atoms with E-state index < -0.39 is 35.1 Å². The molecule has 3 heterocycles. The second kappa shape index (κ2) is 6.75. The summed E-state index contributed by atoms with van der Waals surface area (Å²) in [6, 6.07) is 3.45. The number of carbonyl (C=O) groups excluding carboxylic acids is 1. The van der Waals surface area contributed by atoms with Crippen molar-refractivity contribution in [2.24, 2.45) is 0 Å². The number of nitrogens with one attached hydrogen (secondary N) is 1. The quantitative estimate of drug-likeness (QED) is 0.684. The minimum atomic E-state index is -1.14. The minimum Gasteiger partial charge on any atom is -0.373 e. The van der Waals surface area contributed by atoms with Gasteiger partial charge in [-0.2, -0.15) is 4.39 Å². The Kier molecular flexibility index (Phi) is 4.38. The van der Waals surface area contributed by atoms with Gasteiger partial charge in [0.05, 0.1) is 24.6 Å². The van der Waals surface area contributed by atoms with Gasteiger partial charge in [0.2, 0.25) is 5.95 Å². The molecule has 0 spiro atoms. The van der Waals surface area contributed by atoms with Crippen LogP contribution in [-0.2, 0) is 11.3 Å².